The van der Waals surface area contributed by atoms with Gasteiger partial charge in [-0.25, -0.2) is 14.4 Å². The van der Waals surface area contributed by atoms with Crippen LogP contribution in [-0.4, -0.2) is 78.4 Å². The van der Waals surface area contributed by atoms with Crippen LogP contribution in [0.15, 0.2) is 94.4 Å². The van der Waals surface area contributed by atoms with Crippen molar-refractivity contribution in [3.05, 3.63) is 108 Å². The van der Waals surface area contributed by atoms with Crippen molar-refractivity contribution in [3.63, 3.8) is 0 Å². The van der Waals surface area contributed by atoms with Gasteiger partial charge in [0.1, 0.15) is 31.3 Å². The van der Waals surface area contributed by atoms with Crippen LogP contribution < -0.4 is 16.0 Å². The Hall–Kier alpha value is -5.08. The van der Waals surface area contributed by atoms with Crippen LogP contribution in [0.2, 0.25) is 0 Å². The maximum absolute atomic E-state index is 12.5. The minimum atomic E-state index is -0.537. The third kappa shape index (κ3) is 8.97. The van der Waals surface area contributed by atoms with Crippen LogP contribution in [0, 0.1) is 23.7 Å². The lowest BCUT2D eigenvalue weighted by atomic mass is 9.97. The second-order valence-corrected chi connectivity index (χ2v) is 15.8. The molecular formula is C41H51ClN6O8. The molecule has 4 aliphatic rings. The van der Waals surface area contributed by atoms with Gasteiger partial charge >= 0.3 is 18.3 Å². The quantitative estimate of drug-likeness (QED) is 0.156. The molecule has 2 aromatic heterocycles. The summed E-state index contributed by atoms with van der Waals surface area (Å²) in [5, 5.41) is 17.6. The number of carbonyl (C=O) groups excluding carboxylic acids is 3. The van der Waals surface area contributed by atoms with Crippen molar-refractivity contribution in [1.29, 1.82) is 0 Å². The minimum absolute atomic E-state index is 0. The monoisotopic (exact) mass is 790 g/mol. The van der Waals surface area contributed by atoms with E-state index in [0.717, 1.165) is 48.4 Å². The number of fused-ring (bicyclic) bond motifs is 2. The van der Waals surface area contributed by atoms with Gasteiger partial charge in [-0.3, -0.25) is 0 Å². The Balaban J connectivity index is 0.000000192. The molecule has 2 saturated heterocycles. The zero-order chi connectivity index (χ0) is 38.5. The molecule has 6 atom stereocenters. The van der Waals surface area contributed by atoms with Crippen LogP contribution in [0.5, 0.6) is 0 Å². The highest BCUT2D eigenvalue weighted by Gasteiger charge is 2.69. The van der Waals surface area contributed by atoms with E-state index in [1.807, 2.05) is 93.6 Å². The summed E-state index contributed by atoms with van der Waals surface area (Å²) in [6.07, 6.45) is 3.89. The van der Waals surface area contributed by atoms with Crippen molar-refractivity contribution in [1.82, 2.24) is 31.2 Å². The SMILES string of the molecule is CC(C)(C)OC(=O)N1CCC2C(C1)C2(CNC(=O)OCc1ccccc1)c1ccon1.Cl.O=C(NCC1(c2ccon2)C2CCNCC21)OCc1ccccc1. The molecule has 300 valence electrons. The normalized spacial score (nSPS) is 25.7. The Morgan fingerprint density at radius 2 is 1.29 bits per heavy atom. The molecule has 2 aliphatic heterocycles. The fourth-order valence-electron chi connectivity index (χ4n) is 8.73. The van der Waals surface area contributed by atoms with Gasteiger partial charge in [0, 0.05) is 49.1 Å². The van der Waals surface area contributed by atoms with Crippen LogP contribution in [0.25, 0.3) is 0 Å². The smallest absolute Gasteiger partial charge is 0.410 e. The average molecular weight is 791 g/mol. The van der Waals surface area contributed by atoms with E-state index in [-0.39, 0.29) is 48.5 Å². The first-order valence-electron chi connectivity index (χ1n) is 19.0. The third-order valence-electron chi connectivity index (χ3n) is 11.5. The largest absolute Gasteiger partial charge is 0.445 e. The summed E-state index contributed by atoms with van der Waals surface area (Å²) in [5.74, 6) is 1.52. The predicted octanol–water partition coefficient (Wildman–Crippen LogP) is 6.23. The molecule has 15 heteroatoms. The topological polar surface area (TPSA) is 170 Å². The summed E-state index contributed by atoms with van der Waals surface area (Å²) < 4.78 is 26.4. The number of likely N-dealkylation sites (tertiary alicyclic amines) is 1. The van der Waals surface area contributed by atoms with Gasteiger partial charge in [0.25, 0.3) is 0 Å². The second-order valence-electron chi connectivity index (χ2n) is 15.8. The molecule has 4 aromatic rings. The molecule has 0 spiro atoms. The molecule has 4 heterocycles. The summed E-state index contributed by atoms with van der Waals surface area (Å²) >= 11 is 0. The number of rotatable bonds is 10. The van der Waals surface area contributed by atoms with Crippen molar-refractivity contribution < 1.29 is 37.6 Å². The van der Waals surface area contributed by atoms with Gasteiger partial charge in [0.2, 0.25) is 0 Å². The molecule has 0 radical (unpaired) electrons. The number of ether oxygens (including phenoxy) is 3. The molecule has 3 amide bonds. The second kappa shape index (κ2) is 17.4. The molecule has 56 heavy (non-hydrogen) atoms. The molecule has 8 rings (SSSR count). The van der Waals surface area contributed by atoms with Crippen LogP contribution in [0.1, 0.15) is 56.1 Å². The van der Waals surface area contributed by atoms with E-state index in [0.29, 0.717) is 43.9 Å². The van der Waals surface area contributed by atoms with Crippen molar-refractivity contribution in [2.24, 2.45) is 23.7 Å². The molecule has 0 bridgehead atoms. The fourth-order valence-corrected chi connectivity index (χ4v) is 8.73. The van der Waals surface area contributed by atoms with Crippen molar-refractivity contribution in [2.45, 2.75) is 63.3 Å². The number of alkyl carbamates (subject to hydrolysis) is 2. The standard InChI is InChI=1S/C23H29N3O5.C18H21N3O3.ClH/c1-22(2,3)31-21(28)26-11-9-17-18(13-26)23(17,19-10-12-30-25-19)15-24-20(27)29-14-16-7-5-4-6-8-16;22-17(23-11-13-4-2-1-3-5-13)20-12-18(16-7-9-24-21-16)14-6-8-19-10-15(14)18;/h4-8,10,12,17-18H,9,11,13-15H2,1-3H3,(H,24,27);1-5,7,9,14-15,19H,6,8,10-12H2,(H,20,22);1H. The first kappa shape index (κ1) is 40.6. The number of amides is 3. The molecule has 6 unspecified atom stereocenters. The van der Waals surface area contributed by atoms with Crippen molar-refractivity contribution >= 4 is 30.7 Å². The number of hydrogen-bond donors (Lipinski definition) is 3. The number of halogens is 1. The van der Waals surface area contributed by atoms with Crippen LogP contribution in [-0.2, 0) is 38.3 Å². The van der Waals surface area contributed by atoms with E-state index in [4.69, 9.17) is 23.3 Å². The number of hydrogen-bond acceptors (Lipinski definition) is 11. The predicted molar refractivity (Wildman–Crippen MR) is 207 cm³/mol. The van der Waals surface area contributed by atoms with E-state index in [9.17, 15) is 14.4 Å². The van der Waals surface area contributed by atoms with Gasteiger partial charge in [0.15, 0.2) is 0 Å². The molecule has 3 N–H and O–H groups in total. The highest BCUT2D eigenvalue weighted by Crippen LogP contribution is 2.63. The maximum Gasteiger partial charge on any atom is 0.410 e. The van der Waals surface area contributed by atoms with E-state index in [2.05, 4.69) is 26.3 Å². The molecule has 2 saturated carbocycles. The molecule has 2 aliphatic carbocycles. The summed E-state index contributed by atoms with van der Waals surface area (Å²) in [7, 11) is 0. The zero-order valence-electron chi connectivity index (χ0n) is 32.0. The number of carbonyl (C=O) groups is 3. The zero-order valence-corrected chi connectivity index (χ0v) is 32.8. The average Bonchev–Trinajstić information content (AvgIpc) is 3.66. The lowest BCUT2D eigenvalue weighted by Gasteiger charge is -2.29. The number of aromatic nitrogens is 2. The molecule has 4 fully saturated rings. The Bertz CT molecular complexity index is 1860. The number of benzene rings is 2. The van der Waals surface area contributed by atoms with E-state index < -0.39 is 17.8 Å². The van der Waals surface area contributed by atoms with Gasteiger partial charge in [-0.2, -0.15) is 0 Å². The van der Waals surface area contributed by atoms with Crippen LogP contribution in [0.4, 0.5) is 14.4 Å². The van der Waals surface area contributed by atoms with Gasteiger partial charge in [-0.15, -0.1) is 12.4 Å². The fraction of sp³-hybridized carbons (Fsp3) is 0.488. The number of nitrogens with one attached hydrogen (secondary N) is 3. The van der Waals surface area contributed by atoms with Gasteiger partial charge in [-0.05, 0) is 81.5 Å². The summed E-state index contributed by atoms with van der Waals surface area (Å²) in [5.41, 5.74) is 2.62. The van der Waals surface area contributed by atoms with Crippen LogP contribution >= 0.6 is 12.4 Å². The maximum atomic E-state index is 12.5. The minimum Gasteiger partial charge on any atom is -0.445 e. The summed E-state index contributed by atoms with van der Waals surface area (Å²) in [4.78, 5) is 38.7. The Labute approximate surface area is 332 Å². The Morgan fingerprint density at radius 1 is 0.768 bits per heavy atom. The number of nitrogens with zero attached hydrogens (tertiary/aromatic N) is 3. The first-order valence-corrected chi connectivity index (χ1v) is 19.0. The van der Waals surface area contributed by atoms with Crippen LogP contribution in [0.3, 0.4) is 0 Å². The third-order valence-corrected chi connectivity index (χ3v) is 11.5. The van der Waals surface area contributed by atoms with E-state index in [1.54, 1.807) is 17.4 Å². The first-order chi connectivity index (χ1) is 26.6. The van der Waals surface area contributed by atoms with Gasteiger partial charge in [-0.1, -0.05) is 71.0 Å². The number of piperidine rings is 2. The van der Waals surface area contributed by atoms with Gasteiger partial charge in [0.05, 0.1) is 11.4 Å². The van der Waals surface area contributed by atoms with Crippen molar-refractivity contribution in [2.75, 3.05) is 39.3 Å². The van der Waals surface area contributed by atoms with E-state index in [1.165, 1.54) is 0 Å². The lowest BCUT2D eigenvalue weighted by molar-refractivity contribution is 0.0206. The molecule has 14 nitrogen and oxygen atoms in total. The molecular weight excluding hydrogens is 740 g/mol. The van der Waals surface area contributed by atoms with Crippen molar-refractivity contribution in [3.8, 4) is 0 Å². The highest BCUT2D eigenvalue weighted by molar-refractivity contribution is 5.85. The molecule has 2 aromatic carbocycles. The lowest BCUT2D eigenvalue weighted by Crippen LogP contribution is -2.41. The van der Waals surface area contributed by atoms with E-state index >= 15 is 0 Å². The Kier molecular flexibility index (Phi) is 12.6. The van der Waals surface area contributed by atoms with Gasteiger partial charge < -0.3 is 44.1 Å². The highest BCUT2D eigenvalue weighted by atomic mass is 35.5. The Morgan fingerprint density at radius 3 is 1.75 bits per heavy atom. The summed E-state index contributed by atoms with van der Waals surface area (Å²) in [6.45, 7) is 10.1. The summed E-state index contributed by atoms with van der Waals surface area (Å²) in [6, 6.07) is 23.0.